The van der Waals surface area contributed by atoms with Crippen LogP contribution >= 0.6 is 11.3 Å². The van der Waals surface area contributed by atoms with Crippen LogP contribution < -0.4 is 0 Å². The second-order valence-electron chi connectivity index (χ2n) is 4.59. The molecule has 1 aromatic carbocycles. The van der Waals surface area contributed by atoms with Crippen molar-refractivity contribution in [3.05, 3.63) is 57.8 Å². The van der Waals surface area contributed by atoms with Crippen molar-refractivity contribution in [2.24, 2.45) is 0 Å². The van der Waals surface area contributed by atoms with E-state index in [0.29, 0.717) is 13.2 Å². The van der Waals surface area contributed by atoms with E-state index in [1.54, 1.807) is 11.3 Å². The van der Waals surface area contributed by atoms with E-state index in [1.165, 1.54) is 5.56 Å². The van der Waals surface area contributed by atoms with Gasteiger partial charge in [-0.25, -0.2) is 0 Å². The Morgan fingerprint density at radius 2 is 1.95 bits per heavy atom. The van der Waals surface area contributed by atoms with Crippen molar-refractivity contribution in [2.75, 3.05) is 0 Å². The van der Waals surface area contributed by atoms with Crippen LogP contribution in [0.2, 0.25) is 0 Å². The summed E-state index contributed by atoms with van der Waals surface area (Å²) >= 11 is 1.61. The van der Waals surface area contributed by atoms with Crippen molar-refractivity contribution in [1.82, 2.24) is 0 Å². The maximum Gasteiger partial charge on any atom is 0.0885 e. The van der Waals surface area contributed by atoms with Gasteiger partial charge in [0.1, 0.15) is 0 Å². The van der Waals surface area contributed by atoms with Gasteiger partial charge in [0.05, 0.1) is 19.3 Å². The lowest BCUT2D eigenvalue weighted by Gasteiger charge is -2.10. The van der Waals surface area contributed by atoms with Crippen LogP contribution in [0, 0.1) is 0 Å². The van der Waals surface area contributed by atoms with Crippen LogP contribution in [-0.2, 0) is 18.0 Å². The molecular weight excluding hydrogens is 256 g/mol. The summed E-state index contributed by atoms with van der Waals surface area (Å²) in [4.78, 5) is 1.05. The van der Waals surface area contributed by atoms with Gasteiger partial charge in [-0.1, -0.05) is 43.7 Å². The summed E-state index contributed by atoms with van der Waals surface area (Å²) in [5.41, 5.74) is 2.29. The van der Waals surface area contributed by atoms with E-state index in [0.717, 1.165) is 23.3 Å². The number of aliphatic hydroxyl groups excluding tert-OH is 1. The molecule has 0 spiro atoms. The highest BCUT2D eigenvalue weighted by Crippen LogP contribution is 2.28. The second kappa shape index (κ2) is 7.43. The van der Waals surface area contributed by atoms with Crippen LogP contribution in [0.25, 0.3) is 0 Å². The molecule has 3 heteroatoms. The van der Waals surface area contributed by atoms with Gasteiger partial charge >= 0.3 is 0 Å². The van der Waals surface area contributed by atoms with Crippen molar-refractivity contribution < 1.29 is 9.84 Å². The Morgan fingerprint density at radius 3 is 2.68 bits per heavy atom. The summed E-state index contributed by atoms with van der Waals surface area (Å²) in [6.07, 6.45) is 1.45. The molecule has 0 radical (unpaired) electrons. The number of aliphatic hydroxyl groups is 1. The van der Waals surface area contributed by atoms with Crippen molar-refractivity contribution in [3.63, 3.8) is 0 Å². The van der Waals surface area contributed by atoms with Gasteiger partial charge in [0.2, 0.25) is 0 Å². The minimum absolute atomic E-state index is 0.347. The average Bonchev–Trinajstić information content (AvgIpc) is 2.89. The number of hydrogen-bond donors (Lipinski definition) is 1. The molecule has 0 saturated heterocycles. The molecule has 19 heavy (non-hydrogen) atoms. The Hall–Kier alpha value is -1.16. The summed E-state index contributed by atoms with van der Waals surface area (Å²) in [7, 11) is 0. The third kappa shape index (κ3) is 4.16. The second-order valence-corrected chi connectivity index (χ2v) is 5.54. The minimum Gasteiger partial charge on any atom is -0.388 e. The van der Waals surface area contributed by atoms with E-state index >= 15 is 0 Å². The lowest BCUT2D eigenvalue weighted by molar-refractivity contribution is 0.103. The smallest absolute Gasteiger partial charge is 0.0885 e. The molecule has 2 rings (SSSR count). The Labute approximate surface area is 118 Å². The van der Waals surface area contributed by atoms with E-state index in [9.17, 15) is 5.11 Å². The summed E-state index contributed by atoms with van der Waals surface area (Å²) in [6.45, 7) is 3.26. The van der Waals surface area contributed by atoms with Gasteiger partial charge in [-0.3, -0.25) is 0 Å². The number of hydrogen-bond acceptors (Lipinski definition) is 3. The fraction of sp³-hybridized carbons (Fsp3) is 0.375. The molecule has 0 aliphatic carbocycles. The van der Waals surface area contributed by atoms with Gasteiger partial charge in [-0.05, 0) is 29.0 Å². The molecule has 0 fully saturated rings. The zero-order valence-corrected chi connectivity index (χ0v) is 12.0. The topological polar surface area (TPSA) is 29.5 Å². The molecule has 0 aliphatic rings. The zero-order valence-electron chi connectivity index (χ0n) is 11.2. The summed E-state index contributed by atoms with van der Waals surface area (Å²) in [6, 6.07) is 12.2. The van der Waals surface area contributed by atoms with E-state index in [4.69, 9.17) is 4.74 Å². The van der Waals surface area contributed by atoms with Crippen LogP contribution in [0.15, 0.2) is 41.8 Å². The molecule has 0 saturated carbocycles. The fourth-order valence-electron chi connectivity index (χ4n) is 2.02. The highest BCUT2D eigenvalue weighted by molar-refractivity contribution is 7.10. The summed E-state index contributed by atoms with van der Waals surface area (Å²) in [5.74, 6) is 0. The highest BCUT2D eigenvalue weighted by atomic mass is 32.1. The molecular formula is C16H20O2S. The lowest BCUT2D eigenvalue weighted by Crippen LogP contribution is -2.00. The Bertz CT molecular complexity index is 479. The molecule has 2 aromatic rings. The van der Waals surface area contributed by atoms with Crippen LogP contribution in [0.4, 0.5) is 0 Å². The largest absolute Gasteiger partial charge is 0.388 e. The quantitative estimate of drug-likeness (QED) is 0.817. The molecule has 0 bridgehead atoms. The van der Waals surface area contributed by atoms with Gasteiger partial charge in [0.25, 0.3) is 0 Å². The first-order valence-electron chi connectivity index (χ1n) is 6.67. The molecule has 0 amide bonds. The first-order valence-corrected chi connectivity index (χ1v) is 7.55. The Morgan fingerprint density at radius 1 is 1.16 bits per heavy atom. The Kier molecular flexibility index (Phi) is 5.58. The van der Waals surface area contributed by atoms with Crippen LogP contribution in [0.3, 0.4) is 0 Å². The van der Waals surface area contributed by atoms with Crippen LogP contribution in [-0.4, -0.2) is 5.11 Å². The molecule has 1 aromatic heterocycles. The third-order valence-electron chi connectivity index (χ3n) is 3.01. The van der Waals surface area contributed by atoms with Crippen molar-refractivity contribution in [3.8, 4) is 0 Å². The van der Waals surface area contributed by atoms with Gasteiger partial charge in [-0.2, -0.15) is 0 Å². The minimum atomic E-state index is -0.347. The Balaban J connectivity index is 1.88. The van der Waals surface area contributed by atoms with E-state index < -0.39 is 0 Å². The standard InChI is InChI=1S/C16H20O2S/c1-2-6-15(17)16-14(9-10-19-16)12-18-11-13-7-4-3-5-8-13/h3-5,7-10,15,17H,2,6,11-12H2,1H3. The van der Waals surface area contributed by atoms with E-state index in [2.05, 4.69) is 19.1 Å². The van der Waals surface area contributed by atoms with E-state index in [-0.39, 0.29) is 6.10 Å². The number of rotatable bonds is 7. The van der Waals surface area contributed by atoms with Crippen molar-refractivity contribution in [1.29, 1.82) is 0 Å². The normalized spacial score (nSPS) is 12.5. The maximum atomic E-state index is 10.1. The number of ether oxygens (including phenoxy) is 1. The van der Waals surface area contributed by atoms with E-state index in [1.807, 2.05) is 29.6 Å². The third-order valence-corrected chi connectivity index (χ3v) is 4.07. The molecule has 102 valence electrons. The molecule has 0 aliphatic heterocycles. The van der Waals surface area contributed by atoms with Gasteiger partial charge in [-0.15, -0.1) is 11.3 Å². The average molecular weight is 276 g/mol. The van der Waals surface area contributed by atoms with Crippen molar-refractivity contribution >= 4 is 11.3 Å². The molecule has 1 N–H and O–H groups in total. The monoisotopic (exact) mass is 276 g/mol. The first kappa shape index (κ1) is 14.3. The van der Waals surface area contributed by atoms with Gasteiger partial charge in [0, 0.05) is 4.88 Å². The van der Waals surface area contributed by atoms with Crippen LogP contribution in [0.1, 0.15) is 41.9 Å². The van der Waals surface area contributed by atoms with Crippen molar-refractivity contribution in [2.45, 2.75) is 39.1 Å². The van der Waals surface area contributed by atoms with Gasteiger partial charge < -0.3 is 9.84 Å². The fourth-order valence-corrected chi connectivity index (χ4v) is 2.95. The first-order chi connectivity index (χ1) is 9.31. The lowest BCUT2D eigenvalue weighted by atomic mass is 10.1. The van der Waals surface area contributed by atoms with Crippen LogP contribution in [0.5, 0.6) is 0 Å². The maximum absolute atomic E-state index is 10.1. The highest BCUT2D eigenvalue weighted by Gasteiger charge is 2.13. The molecule has 1 atom stereocenters. The predicted molar refractivity (Wildman–Crippen MR) is 79.1 cm³/mol. The predicted octanol–water partition coefficient (Wildman–Crippen LogP) is 4.30. The summed E-state index contributed by atoms with van der Waals surface area (Å²) < 4.78 is 5.73. The summed E-state index contributed by atoms with van der Waals surface area (Å²) in [5, 5.41) is 12.1. The number of thiophene rings is 1. The zero-order chi connectivity index (χ0) is 13.5. The molecule has 1 heterocycles. The number of benzene rings is 1. The van der Waals surface area contributed by atoms with Gasteiger partial charge in [0.15, 0.2) is 0 Å². The molecule has 2 nitrogen and oxygen atoms in total. The SMILES string of the molecule is CCCC(O)c1sccc1COCc1ccccc1. The molecule has 1 unspecified atom stereocenters.